The number of hydrogen-bond acceptors (Lipinski definition) is 3. The van der Waals surface area contributed by atoms with Crippen molar-refractivity contribution in [3.05, 3.63) is 51.1 Å². The lowest BCUT2D eigenvalue weighted by Crippen LogP contribution is -2.08. The van der Waals surface area contributed by atoms with Gasteiger partial charge >= 0.3 is 5.97 Å². The van der Waals surface area contributed by atoms with Crippen molar-refractivity contribution in [3.63, 3.8) is 0 Å². The van der Waals surface area contributed by atoms with Crippen LogP contribution < -0.4 is 5.32 Å². The molecule has 1 heterocycles. The van der Waals surface area contributed by atoms with E-state index in [1.54, 1.807) is 38.1 Å². The maximum Gasteiger partial charge on any atom is 0.339 e. The molecule has 0 unspecified atom stereocenters. The summed E-state index contributed by atoms with van der Waals surface area (Å²) in [4.78, 5) is 15.6. The number of hydrogen-bond donors (Lipinski definition) is 2. The van der Waals surface area contributed by atoms with Crippen LogP contribution in [0.1, 0.15) is 21.6 Å². The molecule has 0 aliphatic rings. The lowest BCUT2D eigenvalue weighted by Gasteiger charge is -2.13. The summed E-state index contributed by atoms with van der Waals surface area (Å²) < 4.78 is 0. The van der Waals surface area contributed by atoms with Crippen molar-refractivity contribution >= 4 is 40.7 Å². The topological polar surface area (TPSA) is 62.2 Å². The fourth-order valence-corrected chi connectivity index (χ4v) is 2.25. The summed E-state index contributed by atoms with van der Waals surface area (Å²) in [5, 5.41) is 13.2. The third kappa shape index (κ3) is 3.03. The van der Waals surface area contributed by atoms with Gasteiger partial charge in [-0.25, -0.2) is 9.78 Å². The molecular formula is C14H12Cl2N2O2. The number of halogens is 2. The molecule has 0 bridgehead atoms. The number of benzene rings is 1. The summed E-state index contributed by atoms with van der Waals surface area (Å²) in [6.45, 7) is 3.52. The van der Waals surface area contributed by atoms with E-state index in [-0.39, 0.29) is 11.4 Å². The third-order valence-electron chi connectivity index (χ3n) is 2.74. The monoisotopic (exact) mass is 310 g/mol. The number of nitrogens with one attached hydrogen (secondary N) is 1. The minimum Gasteiger partial charge on any atom is -0.478 e. The number of anilines is 2. The van der Waals surface area contributed by atoms with Crippen molar-refractivity contribution < 1.29 is 9.90 Å². The largest absolute Gasteiger partial charge is 0.478 e. The summed E-state index contributed by atoms with van der Waals surface area (Å²) in [5.74, 6) is -0.796. The van der Waals surface area contributed by atoms with Gasteiger partial charge in [0.05, 0.1) is 10.7 Å². The van der Waals surface area contributed by atoms with Crippen molar-refractivity contribution in [3.8, 4) is 0 Å². The maximum absolute atomic E-state index is 11.4. The zero-order chi connectivity index (χ0) is 14.9. The average Bonchev–Trinajstić information content (AvgIpc) is 2.32. The molecule has 0 fully saturated rings. The molecule has 2 N–H and O–H groups in total. The van der Waals surface area contributed by atoms with Gasteiger partial charge in [-0.1, -0.05) is 23.2 Å². The minimum atomic E-state index is -1.05. The van der Waals surface area contributed by atoms with Gasteiger partial charge < -0.3 is 10.4 Å². The molecule has 1 aromatic carbocycles. The third-order valence-corrected chi connectivity index (χ3v) is 3.30. The number of carbonyl (C=O) groups is 1. The van der Waals surface area contributed by atoms with Crippen LogP contribution in [0.2, 0.25) is 10.0 Å². The van der Waals surface area contributed by atoms with Crippen molar-refractivity contribution in [1.29, 1.82) is 0 Å². The molecule has 104 valence electrons. The Morgan fingerprint density at radius 3 is 2.60 bits per heavy atom. The van der Waals surface area contributed by atoms with E-state index >= 15 is 0 Å². The van der Waals surface area contributed by atoms with Gasteiger partial charge in [-0.3, -0.25) is 0 Å². The number of aromatic carboxylic acids is 1. The minimum absolute atomic E-state index is 0.117. The van der Waals surface area contributed by atoms with Gasteiger partial charge in [0.1, 0.15) is 11.4 Å². The molecule has 0 radical (unpaired) electrons. The number of carboxylic acids is 1. The molecule has 0 aliphatic carbocycles. The molecule has 0 saturated carbocycles. The standard InChI is InChI=1S/C14H12Cl2N2O2/c1-7-5-8(2)17-13(12(7)14(19)20)18-11-6-9(15)3-4-10(11)16/h3-6H,1-2H3,(H,17,18)(H,19,20). The fraction of sp³-hybridized carbons (Fsp3) is 0.143. The van der Waals surface area contributed by atoms with Gasteiger partial charge in [-0.2, -0.15) is 0 Å². The number of aryl methyl sites for hydroxylation is 2. The molecule has 1 aromatic heterocycles. The molecule has 2 rings (SSSR count). The Bertz CT molecular complexity index is 687. The predicted octanol–water partition coefficient (Wildman–Crippen LogP) is 4.45. The average molecular weight is 311 g/mol. The molecule has 0 spiro atoms. The Labute approximate surface area is 126 Å². The van der Waals surface area contributed by atoms with Gasteiger partial charge in [0.25, 0.3) is 0 Å². The van der Waals surface area contributed by atoms with Crippen molar-refractivity contribution in [2.24, 2.45) is 0 Å². The summed E-state index contributed by atoms with van der Waals surface area (Å²) >= 11 is 12.0. The van der Waals surface area contributed by atoms with Crippen LogP contribution in [0.3, 0.4) is 0 Å². The number of aromatic nitrogens is 1. The van der Waals surface area contributed by atoms with E-state index in [0.717, 1.165) is 0 Å². The quantitative estimate of drug-likeness (QED) is 0.879. The lowest BCUT2D eigenvalue weighted by molar-refractivity contribution is 0.0697. The second kappa shape index (κ2) is 5.69. The van der Waals surface area contributed by atoms with Crippen LogP contribution in [0.25, 0.3) is 0 Å². The second-order valence-electron chi connectivity index (χ2n) is 4.36. The first kappa shape index (κ1) is 14.6. The summed E-state index contributed by atoms with van der Waals surface area (Å²) in [6, 6.07) is 6.63. The highest BCUT2D eigenvalue weighted by atomic mass is 35.5. The SMILES string of the molecule is Cc1cc(C)c(C(=O)O)c(Nc2cc(Cl)ccc2Cl)n1. The van der Waals surface area contributed by atoms with Crippen LogP contribution in [-0.2, 0) is 0 Å². The van der Waals surface area contributed by atoms with E-state index < -0.39 is 5.97 Å². The van der Waals surface area contributed by atoms with Gasteiger partial charge in [-0.15, -0.1) is 0 Å². The van der Waals surface area contributed by atoms with Gasteiger partial charge in [0.2, 0.25) is 0 Å². The first-order valence-electron chi connectivity index (χ1n) is 5.82. The molecule has 6 heteroatoms. The Morgan fingerprint density at radius 2 is 1.95 bits per heavy atom. The van der Waals surface area contributed by atoms with Gasteiger partial charge in [-0.05, 0) is 43.7 Å². The van der Waals surface area contributed by atoms with E-state index in [2.05, 4.69) is 10.3 Å². The van der Waals surface area contributed by atoms with Crippen LogP contribution in [0.15, 0.2) is 24.3 Å². The van der Waals surface area contributed by atoms with Crippen molar-refractivity contribution in [2.75, 3.05) is 5.32 Å². The summed E-state index contributed by atoms with van der Waals surface area (Å²) in [5.41, 5.74) is 1.98. The van der Waals surface area contributed by atoms with Crippen LogP contribution in [-0.4, -0.2) is 16.1 Å². The molecule has 0 atom stereocenters. The van der Waals surface area contributed by atoms with Gasteiger partial charge in [0, 0.05) is 10.7 Å². The highest BCUT2D eigenvalue weighted by Gasteiger charge is 2.16. The first-order chi connectivity index (χ1) is 9.38. The molecule has 20 heavy (non-hydrogen) atoms. The highest BCUT2D eigenvalue weighted by Crippen LogP contribution is 2.30. The molecule has 0 saturated heterocycles. The Kier molecular flexibility index (Phi) is 4.16. The highest BCUT2D eigenvalue weighted by molar-refractivity contribution is 6.35. The molecule has 4 nitrogen and oxygen atoms in total. The van der Waals surface area contributed by atoms with E-state index in [1.165, 1.54) is 0 Å². The molecule has 2 aromatic rings. The van der Waals surface area contributed by atoms with Crippen molar-refractivity contribution in [1.82, 2.24) is 4.98 Å². The van der Waals surface area contributed by atoms with Crippen molar-refractivity contribution in [2.45, 2.75) is 13.8 Å². The zero-order valence-electron chi connectivity index (χ0n) is 10.9. The number of rotatable bonds is 3. The Balaban J connectivity index is 2.53. The Morgan fingerprint density at radius 1 is 1.25 bits per heavy atom. The first-order valence-corrected chi connectivity index (χ1v) is 6.57. The normalized spacial score (nSPS) is 10.4. The fourth-order valence-electron chi connectivity index (χ4n) is 1.92. The maximum atomic E-state index is 11.4. The van der Waals surface area contributed by atoms with Crippen LogP contribution in [0, 0.1) is 13.8 Å². The smallest absolute Gasteiger partial charge is 0.339 e. The number of pyridine rings is 1. The second-order valence-corrected chi connectivity index (χ2v) is 5.20. The van der Waals surface area contributed by atoms with E-state index in [9.17, 15) is 9.90 Å². The van der Waals surface area contributed by atoms with Crippen LogP contribution >= 0.6 is 23.2 Å². The predicted molar refractivity (Wildman–Crippen MR) is 80.4 cm³/mol. The molecule has 0 amide bonds. The summed E-state index contributed by atoms with van der Waals surface area (Å²) in [7, 11) is 0. The van der Waals surface area contributed by atoms with E-state index in [0.29, 0.717) is 27.0 Å². The number of carboxylic acid groups (broad SMARTS) is 1. The summed E-state index contributed by atoms with van der Waals surface area (Å²) in [6.07, 6.45) is 0. The Hall–Kier alpha value is -1.78. The lowest BCUT2D eigenvalue weighted by atomic mass is 10.1. The number of nitrogens with zero attached hydrogens (tertiary/aromatic N) is 1. The van der Waals surface area contributed by atoms with Crippen LogP contribution in [0.4, 0.5) is 11.5 Å². The zero-order valence-corrected chi connectivity index (χ0v) is 12.4. The molecule has 0 aliphatic heterocycles. The van der Waals surface area contributed by atoms with E-state index in [4.69, 9.17) is 23.2 Å². The van der Waals surface area contributed by atoms with Gasteiger partial charge in [0.15, 0.2) is 0 Å². The van der Waals surface area contributed by atoms with Crippen LogP contribution in [0.5, 0.6) is 0 Å². The molecular weight excluding hydrogens is 299 g/mol. The van der Waals surface area contributed by atoms with E-state index in [1.807, 2.05) is 0 Å².